The zero-order chi connectivity index (χ0) is 13.8. The van der Waals surface area contributed by atoms with Gasteiger partial charge in [-0.3, -0.25) is 10.3 Å². The van der Waals surface area contributed by atoms with Crippen molar-refractivity contribution in [3.8, 4) is 0 Å². The minimum Gasteiger partial charge on any atom is -0.396 e. The van der Waals surface area contributed by atoms with E-state index in [0.717, 1.165) is 25.9 Å². The first-order chi connectivity index (χ1) is 9.11. The molecule has 1 aromatic rings. The van der Waals surface area contributed by atoms with Gasteiger partial charge in [0.15, 0.2) is 0 Å². The van der Waals surface area contributed by atoms with E-state index in [-0.39, 0.29) is 23.8 Å². The monoisotopic (exact) mass is 265 g/mol. The summed E-state index contributed by atoms with van der Waals surface area (Å²) in [7, 11) is 0. The summed E-state index contributed by atoms with van der Waals surface area (Å²) >= 11 is 0. The molecule has 0 aliphatic carbocycles. The van der Waals surface area contributed by atoms with Crippen molar-refractivity contribution in [2.24, 2.45) is 11.7 Å². The number of nitrogen functional groups attached to an aromatic ring is 1. The van der Waals surface area contributed by atoms with E-state index in [4.69, 9.17) is 16.2 Å². The Morgan fingerprint density at radius 1 is 1.42 bits per heavy atom. The van der Waals surface area contributed by atoms with Crippen molar-refractivity contribution < 1.29 is 9.50 Å². The molecule has 0 radical (unpaired) electrons. The Morgan fingerprint density at radius 2 is 2.11 bits per heavy atom. The normalized spacial score (nSPS) is 17.6. The first-order valence-electron chi connectivity index (χ1n) is 6.56. The van der Waals surface area contributed by atoms with Crippen molar-refractivity contribution in [1.82, 2.24) is 4.90 Å². The Hall–Kier alpha value is -1.46. The van der Waals surface area contributed by atoms with E-state index in [1.807, 2.05) is 0 Å². The molecular formula is C14H20FN3O. The van der Waals surface area contributed by atoms with E-state index in [0.29, 0.717) is 18.0 Å². The second-order valence-electron chi connectivity index (χ2n) is 5.09. The maximum Gasteiger partial charge on any atom is 0.138 e. The van der Waals surface area contributed by atoms with Gasteiger partial charge in [0.05, 0.1) is 5.56 Å². The molecule has 0 aromatic heterocycles. The summed E-state index contributed by atoms with van der Waals surface area (Å²) in [4.78, 5) is 2.18. The van der Waals surface area contributed by atoms with Crippen molar-refractivity contribution in [1.29, 1.82) is 5.41 Å². The van der Waals surface area contributed by atoms with Gasteiger partial charge in [-0.15, -0.1) is 0 Å². The smallest absolute Gasteiger partial charge is 0.138 e. The van der Waals surface area contributed by atoms with Gasteiger partial charge in [0, 0.05) is 18.7 Å². The number of nitrogens with zero attached hydrogens (tertiary/aromatic N) is 1. The summed E-state index contributed by atoms with van der Waals surface area (Å²) < 4.78 is 14.1. The average Bonchev–Trinajstić information content (AvgIpc) is 2.41. The molecule has 1 heterocycles. The van der Waals surface area contributed by atoms with Gasteiger partial charge in [-0.05, 0) is 37.9 Å². The maximum atomic E-state index is 14.1. The fourth-order valence-corrected chi connectivity index (χ4v) is 2.48. The molecule has 1 aromatic carbocycles. The van der Waals surface area contributed by atoms with Gasteiger partial charge in [0.1, 0.15) is 11.7 Å². The number of likely N-dealkylation sites (tertiary alicyclic amines) is 1. The van der Waals surface area contributed by atoms with Crippen LogP contribution in [0.1, 0.15) is 24.0 Å². The van der Waals surface area contributed by atoms with E-state index in [1.165, 1.54) is 6.07 Å². The molecule has 1 aliphatic heterocycles. The Bertz CT molecular complexity index is 456. The fourth-order valence-electron chi connectivity index (χ4n) is 2.48. The third kappa shape index (κ3) is 3.30. The minimum absolute atomic E-state index is 0.169. The number of piperidine rings is 1. The Balaban J connectivity index is 2.04. The molecule has 2 rings (SSSR count). The van der Waals surface area contributed by atoms with Gasteiger partial charge in [-0.1, -0.05) is 12.1 Å². The largest absolute Gasteiger partial charge is 0.396 e. The van der Waals surface area contributed by atoms with Gasteiger partial charge in [-0.2, -0.15) is 0 Å². The lowest BCUT2D eigenvalue weighted by molar-refractivity contribution is 0.126. The summed E-state index contributed by atoms with van der Waals surface area (Å²) in [5.41, 5.74) is 6.10. The quantitative estimate of drug-likeness (QED) is 0.568. The van der Waals surface area contributed by atoms with Crippen LogP contribution in [0, 0.1) is 17.1 Å². The van der Waals surface area contributed by atoms with Crippen LogP contribution in [0.5, 0.6) is 0 Å². The Labute approximate surface area is 112 Å². The number of amidine groups is 1. The molecule has 1 fully saturated rings. The number of aliphatic hydroxyl groups is 1. The summed E-state index contributed by atoms with van der Waals surface area (Å²) in [6.07, 6.45) is 1.90. The second kappa shape index (κ2) is 6.12. The molecule has 19 heavy (non-hydrogen) atoms. The van der Waals surface area contributed by atoms with Gasteiger partial charge >= 0.3 is 0 Å². The van der Waals surface area contributed by atoms with Gasteiger partial charge < -0.3 is 10.8 Å². The second-order valence-corrected chi connectivity index (χ2v) is 5.09. The van der Waals surface area contributed by atoms with Crippen molar-refractivity contribution in [3.63, 3.8) is 0 Å². The molecular weight excluding hydrogens is 245 g/mol. The number of rotatable bonds is 4. The molecule has 0 bridgehead atoms. The van der Waals surface area contributed by atoms with Crippen LogP contribution in [0.2, 0.25) is 0 Å². The van der Waals surface area contributed by atoms with Crippen molar-refractivity contribution in [2.45, 2.75) is 19.4 Å². The van der Waals surface area contributed by atoms with Crippen LogP contribution in [-0.4, -0.2) is 35.5 Å². The number of hydrogen-bond acceptors (Lipinski definition) is 3. The van der Waals surface area contributed by atoms with Crippen molar-refractivity contribution in [2.75, 3.05) is 19.7 Å². The number of aliphatic hydroxyl groups excluding tert-OH is 1. The van der Waals surface area contributed by atoms with E-state index in [2.05, 4.69) is 4.90 Å². The minimum atomic E-state index is -0.390. The molecule has 0 saturated carbocycles. The van der Waals surface area contributed by atoms with Crippen LogP contribution in [0.15, 0.2) is 18.2 Å². The van der Waals surface area contributed by atoms with Crippen LogP contribution in [0.3, 0.4) is 0 Å². The van der Waals surface area contributed by atoms with Gasteiger partial charge in [-0.25, -0.2) is 4.39 Å². The lowest BCUT2D eigenvalue weighted by Gasteiger charge is -2.31. The average molecular weight is 265 g/mol. The van der Waals surface area contributed by atoms with Gasteiger partial charge in [0.2, 0.25) is 0 Å². The number of nitrogens with one attached hydrogen (secondary N) is 1. The number of hydrogen-bond donors (Lipinski definition) is 3. The Morgan fingerprint density at radius 3 is 2.68 bits per heavy atom. The standard InChI is InChI=1S/C14H20FN3O/c15-13-11(2-1-3-12(13)14(16)17)8-18-6-4-10(9-19)5-7-18/h1-3,10,19H,4-9H2,(H3,16,17). The van der Waals surface area contributed by atoms with Crippen molar-refractivity contribution >= 4 is 5.84 Å². The van der Waals surface area contributed by atoms with Crippen LogP contribution in [-0.2, 0) is 6.54 Å². The molecule has 1 saturated heterocycles. The third-order valence-corrected chi connectivity index (χ3v) is 3.73. The van der Waals surface area contributed by atoms with E-state index in [9.17, 15) is 4.39 Å². The molecule has 0 spiro atoms. The fraction of sp³-hybridized carbons (Fsp3) is 0.500. The summed E-state index contributed by atoms with van der Waals surface area (Å²) in [5.74, 6) is -0.248. The highest BCUT2D eigenvalue weighted by Crippen LogP contribution is 2.20. The lowest BCUT2D eigenvalue weighted by Crippen LogP contribution is -2.34. The van der Waals surface area contributed by atoms with E-state index in [1.54, 1.807) is 12.1 Å². The number of nitrogens with two attached hydrogens (primary N) is 1. The van der Waals surface area contributed by atoms with E-state index < -0.39 is 0 Å². The van der Waals surface area contributed by atoms with Crippen LogP contribution >= 0.6 is 0 Å². The zero-order valence-electron chi connectivity index (χ0n) is 10.9. The first kappa shape index (κ1) is 14.0. The highest BCUT2D eigenvalue weighted by atomic mass is 19.1. The Kier molecular flexibility index (Phi) is 4.50. The molecule has 5 heteroatoms. The molecule has 0 atom stereocenters. The van der Waals surface area contributed by atoms with Crippen LogP contribution in [0.4, 0.5) is 4.39 Å². The number of halogens is 1. The highest BCUT2D eigenvalue weighted by molar-refractivity contribution is 5.95. The van der Waals surface area contributed by atoms with Crippen LogP contribution in [0.25, 0.3) is 0 Å². The number of benzene rings is 1. The van der Waals surface area contributed by atoms with Gasteiger partial charge in [0.25, 0.3) is 0 Å². The molecule has 0 amide bonds. The third-order valence-electron chi connectivity index (χ3n) is 3.73. The summed E-state index contributed by atoms with van der Waals surface area (Å²) in [6.45, 7) is 2.51. The van der Waals surface area contributed by atoms with Crippen LogP contribution < -0.4 is 5.73 Å². The molecule has 1 aliphatic rings. The molecule has 4 N–H and O–H groups in total. The summed E-state index contributed by atoms with van der Waals surface area (Å²) in [5, 5.41) is 16.4. The maximum absolute atomic E-state index is 14.1. The predicted molar refractivity (Wildman–Crippen MR) is 72.5 cm³/mol. The SMILES string of the molecule is N=C(N)c1cccc(CN2CCC(CO)CC2)c1F. The predicted octanol–water partition coefficient (Wildman–Crippen LogP) is 1.31. The highest BCUT2D eigenvalue weighted by Gasteiger charge is 2.20. The van der Waals surface area contributed by atoms with E-state index >= 15 is 0 Å². The zero-order valence-corrected chi connectivity index (χ0v) is 10.9. The lowest BCUT2D eigenvalue weighted by atomic mass is 9.97. The molecule has 0 unspecified atom stereocenters. The molecule has 104 valence electrons. The first-order valence-corrected chi connectivity index (χ1v) is 6.56. The van der Waals surface area contributed by atoms with Crippen molar-refractivity contribution in [3.05, 3.63) is 35.1 Å². The topological polar surface area (TPSA) is 73.3 Å². The summed E-state index contributed by atoms with van der Waals surface area (Å²) in [6, 6.07) is 4.99. The molecule has 4 nitrogen and oxygen atoms in total.